The summed E-state index contributed by atoms with van der Waals surface area (Å²) in [5.74, 6) is 13.4. The van der Waals surface area contributed by atoms with Crippen molar-refractivity contribution in [1.29, 1.82) is 0 Å². The van der Waals surface area contributed by atoms with E-state index in [0.717, 1.165) is 55.7 Å². The molecule has 0 saturated heterocycles. The fourth-order valence-corrected chi connectivity index (χ4v) is 6.78. The van der Waals surface area contributed by atoms with Crippen molar-refractivity contribution in [1.82, 2.24) is 0 Å². The van der Waals surface area contributed by atoms with Crippen LogP contribution in [-0.2, 0) is 15.6 Å². The molecule has 6 aromatic carbocycles. The Morgan fingerprint density at radius 3 is 0.852 bits per heavy atom. The van der Waals surface area contributed by atoms with Gasteiger partial charge in [0.15, 0.2) is 5.78 Å². The van der Waals surface area contributed by atoms with Gasteiger partial charge in [-0.1, -0.05) is 174 Å². The highest BCUT2D eigenvalue weighted by atomic mass is 16.1. The zero-order valence-corrected chi connectivity index (χ0v) is 31.9. The first kappa shape index (κ1) is 36.0. The van der Waals surface area contributed by atoms with Crippen LogP contribution >= 0.6 is 0 Å². The van der Waals surface area contributed by atoms with Crippen LogP contribution < -0.4 is 0 Å². The van der Waals surface area contributed by atoms with Gasteiger partial charge in [-0.15, -0.1) is 0 Å². The summed E-state index contributed by atoms with van der Waals surface area (Å²) >= 11 is 0. The van der Waals surface area contributed by atoms with Gasteiger partial charge in [0.05, 0.1) is 0 Å². The van der Waals surface area contributed by atoms with Crippen LogP contribution in [0.25, 0.3) is 22.3 Å². The van der Waals surface area contributed by atoms with Gasteiger partial charge < -0.3 is 0 Å². The van der Waals surface area contributed by atoms with Crippen LogP contribution in [0.4, 0.5) is 0 Å². The second-order valence-electron chi connectivity index (χ2n) is 15.9. The molecule has 0 atom stereocenters. The second kappa shape index (κ2) is 14.9. The third kappa shape index (κ3) is 7.83. The van der Waals surface area contributed by atoms with Crippen LogP contribution in [0.2, 0.25) is 0 Å². The SMILES string of the molecule is CC(C)(C)c1ccc(C#Cc2ccc(C3=C(c4ccccc4)C(=O)C(c4ccccc4)=C3c3ccc(C#Cc4ccc(C(C)(C)C)cc4)cc3)cc2)cc1. The van der Waals surface area contributed by atoms with Gasteiger partial charge in [-0.3, -0.25) is 4.79 Å². The lowest BCUT2D eigenvalue weighted by Gasteiger charge is -2.18. The van der Waals surface area contributed by atoms with Crippen molar-refractivity contribution < 1.29 is 4.79 Å². The highest BCUT2D eigenvalue weighted by molar-refractivity contribution is 6.59. The normalized spacial score (nSPS) is 13.0. The van der Waals surface area contributed by atoms with Crippen LogP contribution in [0.3, 0.4) is 0 Å². The van der Waals surface area contributed by atoms with Gasteiger partial charge in [0.25, 0.3) is 0 Å². The number of carbonyl (C=O) groups is 1. The lowest BCUT2D eigenvalue weighted by Crippen LogP contribution is -2.10. The predicted octanol–water partition coefficient (Wildman–Crippen LogP) is 12.2. The number of hydrogen-bond donors (Lipinski definition) is 0. The van der Waals surface area contributed by atoms with Crippen molar-refractivity contribution in [2.75, 3.05) is 0 Å². The minimum Gasteiger partial charge on any atom is -0.289 e. The molecule has 1 heteroatoms. The molecule has 7 rings (SSSR count). The molecule has 54 heavy (non-hydrogen) atoms. The Morgan fingerprint density at radius 1 is 0.315 bits per heavy atom. The predicted molar refractivity (Wildman–Crippen MR) is 227 cm³/mol. The minimum absolute atomic E-state index is 0.0162. The highest BCUT2D eigenvalue weighted by Crippen LogP contribution is 2.49. The fraction of sp³-hybridized carbons (Fsp3) is 0.151. The van der Waals surface area contributed by atoms with E-state index in [-0.39, 0.29) is 16.6 Å². The Hall–Kier alpha value is -6.41. The Bertz CT molecular complexity index is 2310. The van der Waals surface area contributed by atoms with Gasteiger partial charge in [0.2, 0.25) is 0 Å². The van der Waals surface area contributed by atoms with Crippen molar-refractivity contribution in [3.8, 4) is 23.7 Å². The standard InChI is InChI=1S/C53H44O/c1-52(2,3)45-33-25-39(26-34-45)19-17-37-21-29-43(30-22-37)47-48(50(42-15-11-8-12-16-42)51(54)49(47)41-13-9-7-10-14-41)44-31-23-38(24-32-44)18-20-40-27-35-46(36-28-40)53(4,5)6/h7-16,21-36H,1-6H3. The second-order valence-corrected chi connectivity index (χ2v) is 15.9. The summed E-state index contributed by atoms with van der Waals surface area (Å²) in [4.78, 5) is 14.7. The van der Waals surface area contributed by atoms with E-state index in [1.165, 1.54) is 11.1 Å². The third-order valence-corrected chi connectivity index (χ3v) is 9.88. The molecule has 0 N–H and O–H groups in total. The number of hydrogen-bond acceptors (Lipinski definition) is 1. The van der Waals surface area contributed by atoms with E-state index in [9.17, 15) is 4.79 Å². The number of rotatable bonds is 4. The van der Waals surface area contributed by atoms with Crippen molar-refractivity contribution in [3.05, 3.63) is 213 Å². The lowest BCUT2D eigenvalue weighted by atomic mass is 9.87. The first-order valence-electron chi connectivity index (χ1n) is 18.6. The van der Waals surface area contributed by atoms with Crippen molar-refractivity contribution in [2.24, 2.45) is 0 Å². The van der Waals surface area contributed by atoms with Gasteiger partial charge in [-0.05, 0) is 92.7 Å². The summed E-state index contributed by atoms with van der Waals surface area (Å²) in [6.45, 7) is 13.3. The van der Waals surface area contributed by atoms with Gasteiger partial charge in [-0.25, -0.2) is 0 Å². The quantitative estimate of drug-likeness (QED) is 0.168. The average molecular weight is 697 g/mol. The summed E-state index contributed by atoms with van der Waals surface area (Å²) in [5.41, 5.74) is 13.5. The maximum atomic E-state index is 14.7. The van der Waals surface area contributed by atoms with Crippen LogP contribution in [-0.4, -0.2) is 5.78 Å². The molecular weight excluding hydrogens is 653 g/mol. The van der Waals surface area contributed by atoms with Crippen LogP contribution in [0, 0.1) is 23.7 Å². The number of Topliss-reactive ketones (excluding diaryl/α,β-unsaturated/α-hetero) is 1. The van der Waals surface area contributed by atoms with E-state index in [2.05, 4.69) is 162 Å². The van der Waals surface area contributed by atoms with Crippen LogP contribution in [0.5, 0.6) is 0 Å². The molecule has 0 bridgehead atoms. The van der Waals surface area contributed by atoms with Gasteiger partial charge >= 0.3 is 0 Å². The van der Waals surface area contributed by atoms with Gasteiger partial charge in [0.1, 0.15) is 0 Å². The summed E-state index contributed by atoms with van der Waals surface area (Å²) in [5, 5.41) is 0. The van der Waals surface area contributed by atoms with E-state index in [0.29, 0.717) is 11.1 Å². The average Bonchev–Trinajstić information content (AvgIpc) is 3.49. The first-order chi connectivity index (χ1) is 26.0. The third-order valence-electron chi connectivity index (χ3n) is 9.88. The molecule has 0 aliphatic heterocycles. The first-order valence-corrected chi connectivity index (χ1v) is 18.6. The van der Waals surface area contributed by atoms with E-state index in [1.54, 1.807) is 0 Å². The number of allylic oxidation sites excluding steroid dienone is 4. The molecule has 0 amide bonds. The largest absolute Gasteiger partial charge is 0.289 e. The molecule has 0 heterocycles. The van der Waals surface area contributed by atoms with Crippen molar-refractivity contribution in [2.45, 2.75) is 52.4 Å². The van der Waals surface area contributed by atoms with Crippen LogP contribution in [0.15, 0.2) is 158 Å². The van der Waals surface area contributed by atoms with Gasteiger partial charge in [-0.2, -0.15) is 0 Å². The summed E-state index contributed by atoms with van der Waals surface area (Å²) in [7, 11) is 0. The highest BCUT2D eigenvalue weighted by Gasteiger charge is 2.35. The number of carbonyl (C=O) groups excluding carboxylic acids is 1. The Kier molecular flexibility index (Phi) is 9.93. The molecule has 1 aliphatic rings. The summed E-state index contributed by atoms with van der Waals surface area (Å²) in [6, 6.07) is 53.6. The van der Waals surface area contributed by atoms with E-state index in [1.807, 2.05) is 60.7 Å². The molecule has 0 radical (unpaired) electrons. The summed E-state index contributed by atoms with van der Waals surface area (Å²) in [6.07, 6.45) is 0. The topological polar surface area (TPSA) is 17.1 Å². The van der Waals surface area contributed by atoms with Gasteiger partial charge in [0, 0.05) is 44.5 Å². The zero-order chi connectivity index (χ0) is 37.9. The molecule has 1 aliphatic carbocycles. The molecule has 1 nitrogen and oxygen atoms in total. The summed E-state index contributed by atoms with van der Waals surface area (Å²) < 4.78 is 0. The fourth-order valence-electron chi connectivity index (χ4n) is 6.78. The number of ketones is 1. The number of benzene rings is 6. The molecule has 0 fully saturated rings. The van der Waals surface area contributed by atoms with E-state index < -0.39 is 0 Å². The van der Waals surface area contributed by atoms with Crippen molar-refractivity contribution in [3.63, 3.8) is 0 Å². The Balaban J connectivity index is 1.29. The van der Waals surface area contributed by atoms with Crippen molar-refractivity contribution >= 4 is 28.1 Å². The molecular formula is C53H44O. The smallest absolute Gasteiger partial charge is 0.195 e. The molecule has 6 aromatic rings. The molecule has 0 aromatic heterocycles. The minimum atomic E-state index is 0.0162. The molecule has 0 spiro atoms. The molecule has 0 unspecified atom stereocenters. The molecule has 262 valence electrons. The Labute approximate surface area is 321 Å². The van der Waals surface area contributed by atoms with E-state index >= 15 is 0 Å². The van der Waals surface area contributed by atoms with E-state index in [4.69, 9.17) is 0 Å². The van der Waals surface area contributed by atoms with Crippen LogP contribution in [0.1, 0.15) is 97.2 Å². The molecule has 0 saturated carbocycles. The monoisotopic (exact) mass is 696 g/mol. The maximum absolute atomic E-state index is 14.7. The Morgan fingerprint density at radius 2 is 0.574 bits per heavy atom. The lowest BCUT2D eigenvalue weighted by molar-refractivity contribution is -0.108. The maximum Gasteiger partial charge on any atom is 0.195 e. The zero-order valence-electron chi connectivity index (χ0n) is 31.9.